The van der Waals surface area contributed by atoms with Crippen molar-refractivity contribution in [2.45, 2.75) is 63.3 Å². The minimum absolute atomic E-state index is 0.00579. The Hall–Kier alpha value is -2.86. The van der Waals surface area contributed by atoms with E-state index in [1.807, 2.05) is 18.3 Å². The molecule has 3 aliphatic heterocycles. The average molecular weight is 492 g/mol. The number of carbonyl (C=O) groups is 1. The van der Waals surface area contributed by atoms with Crippen molar-refractivity contribution in [3.05, 3.63) is 53.0 Å². The number of benzene rings is 1. The van der Waals surface area contributed by atoms with Crippen LogP contribution in [0.1, 0.15) is 48.8 Å². The van der Waals surface area contributed by atoms with Gasteiger partial charge in [0, 0.05) is 36.5 Å². The highest BCUT2D eigenvalue weighted by molar-refractivity contribution is 5.82. The lowest BCUT2D eigenvalue weighted by atomic mass is 9.84. The molecular weight excluding hydrogens is 457 g/mol. The topological polar surface area (TPSA) is 90.3 Å². The molecule has 4 heterocycles. The van der Waals surface area contributed by atoms with E-state index in [-0.39, 0.29) is 29.9 Å². The molecule has 6 rings (SSSR count). The molecule has 1 amide bonds. The second-order valence-corrected chi connectivity index (χ2v) is 10.6. The number of carbonyl (C=O) groups excluding carboxylic acids is 1. The van der Waals surface area contributed by atoms with Gasteiger partial charge in [-0.15, -0.1) is 0 Å². The summed E-state index contributed by atoms with van der Waals surface area (Å²) in [6.45, 7) is 4.60. The third-order valence-corrected chi connectivity index (χ3v) is 8.23. The molecule has 190 valence electrons. The maximum Gasteiger partial charge on any atom is 0.238 e. The molecule has 4 aliphatic rings. The molecule has 2 N–H and O–H groups in total. The van der Waals surface area contributed by atoms with E-state index in [0.717, 1.165) is 50.0 Å². The molecule has 1 aromatic heterocycles. The second kappa shape index (κ2) is 10.3. The van der Waals surface area contributed by atoms with Crippen LogP contribution in [0.25, 0.3) is 11.3 Å². The number of halogens is 1. The van der Waals surface area contributed by atoms with E-state index in [0.29, 0.717) is 24.1 Å². The Bertz CT molecular complexity index is 1170. The monoisotopic (exact) mass is 491 g/mol. The zero-order valence-corrected chi connectivity index (χ0v) is 21.0. The zero-order chi connectivity index (χ0) is 25.3. The average Bonchev–Trinajstić information content (AvgIpc) is 3.62. The Morgan fingerprint density at radius 2 is 2.14 bits per heavy atom. The van der Waals surface area contributed by atoms with E-state index in [4.69, 9.17) is 10.00 Å². The Morgan fingerprint density at radius 3 is 2.81 bits per heavy atom. The zero-order valence-electron chi connectivity index (χ0n) is 21.0. The fourth-order valence-corrected chi connectivity index (χ4v) is 6.01. The van der Waals surface area contributed by atoms with E-state index in [1.165, 1.54) is 17.5 Å². The number of aryl methyl sites for hydroxylation is 1. The first-order chi connectivity index (χ1) is 17.4. The third kappa shape index (κ3) is 4.88. The molecule has 0 radical (unpaired) electrons. The summed E-state index contributed by atoms with van der Waals surface area (Å²) in [5.41, 5.74) is 4.55. The van der Waals surface area contributed by atoms with Gasteiger partial charge < -0.3 is 20.3 Å². The van der Waals surface area contributed by atoms with Crippen LogP contribution < -0.4 is 10.6 Å². The molecule has 7 nitrogen and oxygen atoms in total. The summed E-state index contributed by atoms with van der Waals surface area (Å²) in [4.78, 5) is 18.3. The van der Waals surface area contributed by atoms with E-state index in [2.05, 4.69) is 33.6 Å². The van der Waals surface area contributed by atoms with Gasteiger partial charge in [0.25, 0.3) is 0 Å². The Kier molecular flexibility index (Phi) is 7.07. The number of hydrogen-bond donors (Lipinski definition) is 2. The van der Waals surface area contributed by atoms with Gasteiger partial charge in [0.05, 0.1) is 30.0 Å². The minimum atomic E-state index is -0.185. The first-order valence-corrected chi connectivity index (χ1v) is 12.9. The van der Waals surface area contributed by atoms with E-state index >= 15 is 0 Å². The number of fused-ring (bicyclic) bond motifs is 4. The van der Waals surface area contributed by atoms with Gasteiger partial charge in [-0.05, 0) is 75.3 Å². The molecule has 8 heteroatoms. The van der Waals surface area contributed by atoms with Crippen molar-refractivity contribution in [2.24, 2.45) is 5.92 Å². The van der Waals surface area contributed by atoms with E-state index in [1.54, 1.807) is 19.1 Å². The SMILES string of the molecule is Cc1ccc(-c2cc3c(cn2)COC32CCN(C)CC2)cc1F.N#CCNC(=O)C1NC2CCC1C2. The number of nitrogens with zero attached hydrogens (tertiary/aromatic N) is 3. The quantitative estimate of drug-likeness (QED) is 0.640. The number of pyridine rings is 1. The third-order valence-electron chi connectivity index (χ3n) is 8.23. The Balaban J connectivity index is 0.000000174. The van der Waals surface area contributed by atoms with Crippen molar-refractivity contribution >= 4 is 5.91 Å². The van der Waals surface area contributed by atoms with Gasteiger partial charge in [-0.3, -0.25) is 9.78 Å². The number of ether oxygens (including phenoxy) is 1. The molecule has 1 saturated carbocycles. The van der Waals surface area contributed by atoms with Crippen LogP contribution in [0.4, 0.5) is 4.39 Å². The van der Waals surface area contributed by atoms with Crippen LogP contribution in [-0.4, -0.2) is 54.6 Å². The standard InChI is InChI=1S/C19H21FN2O.C9H13N3O/c1-13-3-4-14(9-17(13)20)18-10-16-15(11-21-18)12-23-19(16)5-7-22(2)8-6-19;10-3-4-11-9(13)8-6-1-2-7(5-6)12-8/h3-4,9-11H,5-8,12H2,1-2H3;6-8,12H,1-2,4-5H2,(H,11,13). The summed E-state index contributed by atoms with van der Waals surface area (Å²) < 4.78 is 20.1. The molecule has 2 bridgehead atoms. The molecule has 1 spiro atoms. The van der Waals surface area contributed by atoms with Crippen molar-refractivity contribution in [1.29, 1.82) is 5.26 Å². The highest BCUT2D eigenvalue weighted by atomic mass is 19.1. The second-order valence-electron chi connectivity index (χ2n) is 10.6. The van der Waals surface area contributed by atoms with E-state index in [9.17, 15) is 9.18 Å². The minimum Gasteiger partial charge on any atom is -0.365 e. The molecular formula is C28H34FN5O2. The van der Waals surface area contributed by atoms with Crippen LogP contribution in [0.15, 0.2) is 30.5 Å². The highest BCUT2D eigenvalue weighted by Gasteiger charge is 2.43. The number of amides is 1. The lowest BCUT2D eigenvalue weighted by Crippen LogP contribution is -2.47. The van der Waals surface area contributed by atoms with Crippen molar-refractivity contribution in [3.8, 4) is 17.3 Å². The molecule has 1 aromatic carbocycles. The van der Waals surface area contributed by atoms with Gasteiger partial charge in [-0.2, -0.15) is 5.26 Å². The predicted octanol–water partition coefficient (Wildman–Crippen LogP) is 3.41. The van der Waals surface area contributed by atoms with Crippen LogP contribution in [0.5, 0.6) is 0 Å². The molecule has 3 fully saturated rings. The molecule has 3 unspecified atom stereocenters. The van der Waals surface area contributed by atoms with Gasteiger partial charge >= 0.3 is 0 Å². The van der Waals surface area contributed by atoms with Crippen molar-refractivity contribution < 1.29 is 13.9 Å². The van der Waals surface area contributed by atoms with Crippen LogP contribution >= 0.6 is 0 Å². The highest BCUT2D eigenvalue weighted by Crippen LogP contribution is 2.44. The van der Waals surface area contributed by atoms with Crippen molar-refractivity contribution in [2.75, 3.05) is 26.7 Å². The Morgan fingerprint density at radius 1 is 1.33 bits per heavy atom. The summed E-state index contributed by atoms with van der Waals surface area (Å²) in [6.07, 6.45) is 7.39. The largest absolute Gasteiger partial charge is 0.365 e. The van der Waals surface area contributed by atoms with Gasteiger partial charge in [0.1, 0.15) is 12.4 Å². The fraction of sp³-hybridized carbons (Fsp3) is 0.536. The van der Waals surface area contributed by atoms with Gasteiger partial charge in [-0.25, -0.2) is 4.39 Å². The summed E-state index contributed by atoms with van der Waals surface area (Å²) in [7, 11) is 2.15. The maximum atomic E-state index is 13.9. The number of nitrogens with one attached hydrogen (secondary N) is 2. The number of aromatic nitrogens is 1. The summed E-state index contributed by atoms with van der Waals surface area (Å²) in [5, 5.41) is 14.2. The number of hydrogen-bond acceptors (Lipinski definition) is 6. The molecule has 1 aliphatic carbocycles. The lowest BCUT2D eigenvalue weighted by molar-refractivity contribution is -0.123. The molecule has 2 aromatic rings. The fourth-order valence-electron chi connectivity index (χ4n) is 6.01. The smallest absolute Gasteiger partial charge is 0.238 e. The molecule has 3 atom stereocenters. The molecule has 2 saturated heterocycles. The maximum absolute atomic E-state index is 13.9. The Labute approximate surface area is 212 Å². The molecule has 36 heavy (non-hydrogen) atoms. The van der Waals surface area contributed by atoms with Crippen molar-refractivity contribution in [3.63, 3.8) is 0 Å². The van der Waals surface area contributed by atoms with E-state index < -0.39 is 0 Å². The number of likely N-dealkylation sites (tertiary alicyclic amines) is 1. The van der Waals surface area contributed by atoms with Gasteiger partial charge in [-0.1, -0.05) is 12.1 Å². The van der Waals surface area contributed by atoms with Gasteiger partial charge in [0.2, 0.25) is 5.91 Å². The first kappa shape index (κ1) is 24.8. The number of nitriles is 1. The summed E-state index contributed by atoms with van der Waals surface area (Å²) in [5.74, 6) is 0.312. The normalized spacial score (nSPS) is 25.7. The van der Waals surface area contributed by atoms with Crippen molar-refractivity contribution in [1.82, 2.24) is 20.5 Å². The number of rotatable bonds is 3. The predicted molar refractivity (Wildman–Crippen MR) is 134 cm³/mol. The van der Waals surface area contributed by atoms with Crippen LogP contribution in [0.2, 0.25) is 0 Å². The number of piperidine rings is 2. The van der Waals surface area contributed by atoms with Crippen LogP contribution in [0.3, 0.4) is 0 Å². The summed E-state index contributed by atoms with van der Waals surface area (Å²) >= 11 is 0. The van der Waals surface area contributed by atoms with Crippen LogP contribution in [-0.2, 0) is 21.7 Å². The summed E-state index contributed by atoms with van der Waals surface area (Å²) in [6, 6.07) is 9.84. The van der Waals surface area contributed by atoms with Gasteiger partial charge in [0.15, 0.2) is 0 Å². The van der Waals surface area contributed by atoms with Crippen LogP contribution in [0, 0.1) is 30.0 Å². The first-order valence-electron chi connectivity index (χ1n) is 12.9. The lowest BCUT2D eigenvalue weighted by Gasteiger charge is -2.37.